The number of nitrogen functional groups attached to an aromatic ring is 2. The second kappa shape index (κ2) is 6.50. The third kappa shape index (κ3) is 3.48. The number of benzene rings is 2. The molecule has 1 saturated heterocycles. The van der Waals surface area contributed by atoms with E-state index in [1.54, 1.807) is 11.8 Å². The number of hydrogen-bond acceptors (Lipinski definition) is 5. The van der Waals surface area contributed by atoms with E-state index in [1.807, 2.05) is 18.2 Å². The van der Waals surface area contributed by atoms with E-state index in [-0.39, 0.29) is 0 Å². The second-order valence-electron chi connectivity index (χ2n) is 5.68. The van der Waals surface area contributed by atoms with E-state index >= 15 is 0 Å². The number of piperazine rings is 1. The van der Waals surface area contributed by atoms with Crippen molar-refractivity contribution in [3.8, 4) is 0 Å². The van der Waals surface area contributed by atoms with Crippen LogP contribution in [0.15, 0.2) is 52.3 Å². The fourth-order valence-electron chi connectivity index (χ4n) is 2.56. The molecule has 0 radical (unpaired) electrons. The van der Waals surface area contributed by atoms with Crippen LogP contribution in [0.5, 0.6) is 0 Å². The molecule has 1 aliphatic rings. The van der Waals surface area contributed by atoms with E-state index in [4.69, 9.17) is 11.5 Å². The van der Waals surface area contributed by atoms with Crippen LogP contribution < -0.4 is 16.4 Å². The Morgan fingerprint density at radius 1 is 0.864 bits per heavy atom. The topological polar surface area (TPSA) is 58.5 Å². The van der Waals surface area contributed by atoms with Crippen molar-refractivity contribution in [2.24, 2.45) is 0 Å². The molecule has 0 saturated carbocycles. The van der Waals surface area contributed by atoms with Gasteiger partial charge in [-0.2, -0.15) is 0 Å². The molecule has 4 nitrogen and oxygen atoms in total. The average Bonchev–Trinajstić information content (AvgIpc) is 2.52. The van der Waals surface area contributed by atoms with Crippen LogP contribution in [0, 0.1) is 0 Å². The molecular formula is C17H22N4S. The number of anilines is 3. The lowest BCUT2D eigenvalue weighted by Crippen LogP contribution is -2.44. The van der Waals surface area contributed by atoms with Gasteiger partial charge >= 0.3 is 0 Å². The van der Waals surface area contributed by atoms with Gasteiger partial charge in [0.2, 0.25) is 0 Å². The summed E-state index contributed by atoms with van der Waals surface area (Å²) in [6.07, 6.45) is 0. The molecule has 1 fully saturated rings. The van der Waals surface area contributed by atoms with Gasteiger partial charge in [0.25, 0.3) is 0 Å². The molecule has 0 spiro atoms. The zero-order valence-corrected chi connectivity index (χ0v) is 13.6. The van der Waals surface area contributed by atoms with Crippen LogP contribution in [-0.2, 0) is 0 Å². The van der Waals surface area contributed by atoms with Gasteiger partial charge in [0.1, 0.15) is 0 Å². The molecule has 0 aliphatic carbocycles. The summed E-state index contributed by atoms with van der Waals surface area (Å²) in [5.41, 5.74) is 14.2. The first kappa shape index (κ1) is 15.1. The van der Waals surface area contributed by atoms with Crippen LogP contribution in [0.2, 0.25) is 0 Å². The number of likely N-dealkylation sites (N-methyl/N-ethyl adjacent to an activating group) is 1. The van der Waals surface area contributed by atoms with Crippen LogP contribution in [0.3, 0.4) is 0 Å². The Morgan fingerprint density at radius 3 is 2.32 bits per heavy atom. The third-order valence-corrected chi connectivity index (χ3v) is 4.96. The Hall–Kier alpha value is -1.85. The molecular weight excluding hydrogens is 292 g/mol. The van der Waals surface area contributed by atoms with Crippen molar-refractivity contribution in [2.45, 2.75) is 9.79 Å². The Labute approximate surface area is 136 Å². The first-order chi connectivity index (χ1) is 10.6. The average molecular weight is 314 g/mol. The summed E-state index contributed by atoms with van der Waals surface area (Å²) in [6.45, 7) is 4.40. The van der Waals surface area contributed by atoms with E-state index in [0.29, 0.717) is 11.4 Å². The summed E-state index contributed by atoms with van der Waals surface area (Å²) in [6, 6.07) is 14.5. The highest BCUT2D eigenvalue weighted by molar-refractivity contribution is 7.99. The Kier molecular flexibility index (Phi) is 4.45. The molecule has 2 aromatic rings. The second-order valence-corrected chi connectivity index (χ2v) is 6.83. The van der Waals surface area contributed by atoms with Gasteiger partial charge < -0.3 is 21.3 Å². The Bertz CT molecular complexity index is 651. The quantitative estimate of drug-likeness (QED) is 0.853. The summed E-state index contributed by atoms with van der Waals surface area (Å²) < 4.78 is 0. The van der Waals surface area contributed by atoms with Gasteiger partial charge in [0.15, 0.2) is 0 Å². The van der Waals surface area contributed by atoms with E-state index in [1.165, 1.54) is 10.6 Å². The zero-order chi connectivity index (χ0) is 15.5. The van der Waals surface area contributed by atoms with Gasteiger partial charge in [-0.05, 0) is 43.4 Å². The molecule has 0 atom stereocenters. The monoisotopic (exact) mass is 314 g/mol. The summed E-state index contributed by atoms with van der Waals surface area (Å²) in [4.78, 5) is 7.15. The minimum atomic E-state index is 0.635. The van der Waals surface area contributed by atoms with Crippen LogP contribution >= 0.6 is 11.8 Å². The minimum absolute atomic E-state index is 0.635. The summed E-state index contributed by atoms with van der Waals surface area (Å²) in [7, 11) is 2.18. The van der Waals surface area contributed by atoms with E-state index in [2.05, 4.69) is 41.1 Å². The van der Waals surface area contributed by atoms with Crippen LogP contribution in [0.1, 0.15) is 0 Å². The molecule has 0 unspecified atom stereocenters. The molecule has 1 aliphatic heterocycles. The number of nitrogens with zero attached hydrogens (tertiary/aromatic N) is 2. The van der Waals surface area contributed by atoms with E-state index in [9.17, 15) is 0 Å². The normalized spacial score (nSPS) is 16.0. The largest absolute Gasteiger partial charge is 0.397 e. The van der Waals surface area contributed by atoms with Crippen molar-refractivity contribution in [3.63, 3.8) is 0 Å². The predicted molar refractivity (Wildman–Crippen MR) is 95.5 cm³/mol. The van der Waals surface area contributed by atoms with Crippen molar-refractivity contribution >= 4 is 28.8 Å². The fraction of sp³-hybridized carbons (Fsp3) is 0.294. The highest BCUT2D eigenvalue weighted by Gasteiger charge is 2.14. The molecule has 1 heterocycles. The molecule has 116 valence electrons. The number of rotatable bonds is 3. The van der Waals surface area contributed by atoms with Crippen molar-refractivity contribution in [2.75, 3.05) is 49.6 Å². The maximum Gasteiger partial charge on any atom is 0.0559 e. The highest BCUT2D eigenvalue weighted by atomic mass is 32.2. The number of hydrogen-bond donors (Lipinski definition) is 2. The first-order valence-electron chi connectivity index (χ1n) is 7.48. The lowest BCUT2D eigenvalue weighted by molar-refractivity contribution is 0.313. The van der Waals surface area contributed by atoms with E-state index in [0.717, 1.165) is 31.1 Å². The van der Waals surface area contributed by atoms with Crippen molar-refractivity contribution in [3.05, 3.63) is 42.5 Å². The zero-order valence-electron chi connectivity index (χ0n) is 12.8. The molecule has 5 heteroatoms. The van der Waals surface area contributed by atoms with Gasteiger partial charge in [0.05, 0.1) is 11.4 Å². The predicted octanol–water partition coefficient (Wildman–Crippen LogP) is 2.75. The summed E-state index contributed by atoms with van der Waals surface area (Å²) in [5.74, 6) is 0. The minimum Gasteiger partial charge on any atom is -0.397 e. The molecule has 22 heavy (non-hydrogen) atoms. The summed E-state index contributed by atoms with van der Waals surface area (Å²) >= 11 is 1.72. The number of nitrogens with two attached hydrogens (primary N) is 2. The van der Waals surface area contributed by atoms with Crippen LogP contribution in [0.4, 0.5) is 17.1 Å². The molecule has 0 aromatic heterocycles. The molecule has 0 amide bonds. The maximum absolute atomic E-state index is 5.88. The van der Waals surface area contributed by atoms with Gasteiger partial charge in [-0.3, -0.25) is 0 Å². The molecule has 4 N–H and O–H groups in total. The SMILES string of the molecule is CN1CCN(c2cccc(Sc3ccc(N)c(N)c3)c2)CC1. The maximum atomic E-state index is 5.88. The smallest absolute Gasteiger partial charge is 0.0559 e. The highest BCUT2D eigenvalue weighted by Crippen LogP contribution is 2.32. The van der Waals surface area contributed by atoms with Gasteiger partial charge in [-0.15, -0.1) is 0 Å². The van der Waals surface area contributed by atoms with Crippen LogP contribution in [0.25, 0.3) is 0 Å². The third-order valence-electron chi connectivity index (χ3n) is 3.98. The standard InChI is InChI=1S/C17H22N4S/c1-20-7-9-21(10-8-20)13-3-2-4-14(11-13)22-15-5-6-16(18)17(19)12-15/h2-6,11-12H,7-10,18-19H2,1H3. The Morgan fingerprint density at radius 2 is 1.59 bits per heavy atom. The fourth-order valence-corrected chi connectivity index (χ4v) is 3.48. The summed E-state index contributed by atoms with van der Waals surface area (Å²) in [5, 5.41) is 0. The lowest BCUT2D eigenvalue weighted by atomic mass is 10.2. The van der Waals surface area contributed by atoms with Gasteiger partial charge in [-0.25, -0.2) is 0 Å². The first-order valence-corrected chi connectivity index (χ1v) is 8.30. The van der Waals surface area contributed by atoms with E-state index < -0.39 is 0 Å². The lowest BCUT2D eigenvalue weighted by Gasteiger charge is -2.34. The molecule has 3 rings (SSSR count). The molecule has 0 bridgehead atoms. The van der Waals surface area contributed by atoms with Gasteiger partial charge in [0, 0.05) is 41.7 Å². The Balaban J connectivity index is 1.74. The van der Waals surface area contributed by atoms with Gasteiger partial charge in [-0.1, -0.05) is 17.8 Å². The van der Waals surface area contributed by atoms with Crippen molar-refractivity contribution in [1.82, 2.24) is 4.90 Å². The van der Waals surface area contributed by atoms with Crippen molar-refractivity contribution < 1.29 is 0 Å². The van der Waals surface area contributed by atoms with Crippen LogP contribution in [-0.4, -0.2) is 38.1 Å². The molecule has 2 aromatic carbocycles. The van der Waals surface area contributed by atoms with Crippen molar-refractivity contribution in [1.29, 1.82) is 0 Å².